The third kappa shape index (κ3) is 2.53. The number of aromatic nitrogens is 2. The molecule has 1 aliphatic heterocycles. The van der Waals surface area contributed by atoms with Crippen LogP contribution in [0.3, 0.4) is 0 Å². The average Bonchev–Trinajstić information content (AvgIpc) is 3.01. The highest BCUT2D eigenvalue weighted by molar-refractivity contribution is 5.31. The number of imidazole rings is 1. The Labute approximate surface area is 109 Å². The van der Waals surface area contributed by atoms with Crippen LogP contribution in [0.15, 0.2) is 6.20 Å². The summed E-state index contributed by atoms with van der Waals surface area (Å²) < 4.78 is 7.89. The largest absolute Gasteiger partial charge is 0.379 e. The van der Waals surface area contributed by atoms with E-state index in [-0.39, 0.29) is 0 Å². The smallest absolute Gasteiger partial charge is 0.203 e. The van der Waals surface area contributed by atoms with Crippen molar-refractivity contribution in [3.63, 3.8) is 0 Å². The van der Waals surface area contributed by atoms with Crippen molar-refractivity contribution >= 4 is 5.95 Å². The van der Waals surface area contributed by atoms with E-state index in [1.54, 1.807) is 0 Å². The first-order chi connectivity index (χ1) is 8.83. The van der Waals surface area contributed by atoms with Gasteiger partial charge in [0.05, 0.1) is 18.3 Å². The van der Waals surface area contributed by atoms with Gasteiger partial charge in [0, 0.05) is 18.8 Å². The van der Waals surface area contributed by atoms with Gasteiger partial charge in [-0.2, -0.15) is 0 Å². The minimum atomic E-state index is 0.462. The van der Waals surface area contributed by atoms with Gasteiger partial charge in [-0.15, -0.1) is 0 Å². The van der Waals surface area contributed by atoms with E-state index >= 15 is 0 Å². The lowest BCUT2D eigenvalue weighted by Crippen LogP contribution is -2.24. The average molecular weight is 249 g/mol. The Kier molecular flexibility index (Phi) is 3.55. The summed E-state index contributed by atoms with van der Waals surface area (Å²) in [6.45, 7) is 3.81. The molecule has 1 aliphatic carbocycles. The van der Waals surface area contributed by atoms with E-state index in [1.807, 2.05) is 0 Å². The molecule has 2 heterocycles. The molecule has 100 valence electrons. The number of anilines is 1. The highest BCUT2D eigenvalue weighted by Crippen LogP contribution is 2.27. The van der Waals surface area contributed by atoms with E-state index in [2.05, 4.69) is 28.0 Å². The summed E-state index contributed by atoms with van der Waals surface area (Å²) in [6, 6.07) is 1.08. The van der Waals surface area contributed by atoms with E-state index in [4.69, 9.17) is 4.74 Å². The SMILES string of the molecule is Cc1cn(C2CCCOC2)c(NC2CCCC2)n1. The second-order valence-corrected chi connectivity index (χ2v) is 5.61. The molecule has 0 amide bonds. The molecule has 1 atom stereocenters. The molecule has 1 saturated heterocycles. The number of nitrogens with one attached hydrogen (secondary N) is 1. The summed E-state index contributed by atoms with van der Waals surface area (Å²) in [5, 5.41) is 3.62. The minimum absolute atomic E-state index is 0.462. The zero-order valence-electron chi connectivity index (χ0n) is 11.2. The quantitative estimate of drug-likeness (QED) is 0.895. The predicted molar refractivity (Wildman–Crippen MR) is 71.9 cm³/mol. The van der Waals surface area contributed by atoms with E-state index in [1.165, 1.54) is 32.1 Å². The molecule has 0 spiro atoms. The van der Waals surface area contributed by atoms with Gasteiger partial charge in [0.25, 0.3) is 0 Å². The van der Waals surface area contributed by atoms with Crippen molar-refractivity contribution in [3.05, 3.63) is 11.9 Å². The van der Waals surface area contributed by atoms with Gasteiger partial charge >= 0.3 is 0 Å². The number of ether oxygens (including phenoxy) is 1. The lowest BCUT2D eigenvalue weighted by Gasteiger charge is -2.25. The normalized spacial score (nSPS) is 25.5. The maximum atomic E-state index is 5.59. The fraction of sp³-hybridized carbons (Fsp3) is 0.786. The number of hydrogen-bond donors (Lipinski definition) is 1. The van der Waals surface area contributed by atoms with E-state index in [9.17, 15) is 0 Å². The van der Waals surface area contributed by atoms with Crippen molar-refractivity contribution in [1.29, 1.82) is 0 Å². The molecule has 0 aromatic carbocycles. The van der Waals surface area contributed by atoms with Gasteiger partial charge in [-0.1, -0.05) is 12.8 Å². The first kappa shape index (κ1) is 12.0. The van der Waals surface area contributed by atoms with Crippen molar-refractivity contribution in [1.82, 2.24) is 9.55 Å². The molecule has 0 bridgehead atoms. The molecule has 1 aromatic heterocycles. The Morgan fingerprint density at radius 1 is 1.28 bits per heavy atom. The van der Waals surface area contributed by atoms with Crippen molar-refractivity contribution in [2.75, 3.05) is 18.5 Å². The lowest BCUT2D eigenvalue weighted by molar-refractivity contribution is 0.0597. The lowest BCUT2D eigenvalue weighted by atomic mass is 10.1. The molecule has 1 N–H and O–H groups in total. The third-order valence-corrected chi connectivity index (χ3v) is 4.07. The molecular formula is C14H23N3O. The van der Waals surface area contributed by atoms with E-state index in [0.717, 1.165) is 31.3 Å². The Morgan fingerprint density at radius 2 is 2.11 bits per heavy atom. The molecule has 4 nitrogen and oxygen atoms in total. The first-order valence-electron chi connectivity index (χ1n) is 7.22. The summed E-state index contributed by atoms with van der Waals surface area (Å²) in [4.78, 5) is 4.65. The molecule has 1 saturated carbocycles. The summed E-state index contributed by atoms with van der Waals surface area (Å²) in [5.41, 5.74) is 1.10. The number of rotatable bonds is 3. The molecule has 1 unspecified atom stereocenters. The van der Waals surface area contributed by atoms with Crippen LogP contribution in [-0.4, -0.2) is 28.8 Å². The number of nitrogens with zero attached hydrogens (tertiary/aromatic N) is 2. The summed E-state index contributed by atoms with van der Waals surface area (Å²) in [6.07, 6.45) is 9.80. The van der Waals surface area contributed by atoms with Crippen molar-refractivity contribution < 1.29 is 4.74 Å². The van der Waals surface area contributed by atoms with Crippen LogP contribution in [0, 0.1) is 6.92 Å². The van der Waals surface area contributed by atoms with Crippen LogP contribution in [0.2, 0.25) is 0 Å². The fourth-order valence-electron chi connectivity index (χ4n) is 3.10. The Bertz CT molecular complexity index is 390. The maximum Gasteiger partial charge on any atom is 0.203 e. The summed E-state index contributed by atoms with van der Waals surface area (Å²) >= 11 is 0. The fourth-order valence-corrected chi connectivity index (χ4v) is 3.10. The predicted octanol–water partition coefficient (Wildman–Crippen LogP) is 2.90. The molecule has 0 radical (unpaired) electrons. The van der Waals surface area contributed by atoms with Gasteiger partial charge in [-0.05, 0) is 32.6 Å². The van der Waals surface area contributed by atoms with E-state index in [0.29, 0.717) is 12.1 Å². The zero-order valence-corrected chi connectivity index (χ0v) is 11.2. The molecule has 3 rings (SSSR count). The molecular weight excluding hydrogens is 226 g/mol. The monoisotopic (exact) mass is 249 g/mol. The van der Waals surface area contributed by atoms with Crippen LogP contribution in [0.25, 0.3) is 0 Å². The Morgan fingerprint density at radius 3 is 2.83 bits per heavy atom. The molecule has 2 aliphatic rings. The van der Waals surface area contributed by atoms with Gasteiger partial charge in [-0.25, -0.2) is 4.98 Å². The highest BCUT2D eigenvalue weighted by Gasteiger charge is 2.22. The van der Waals surface area contributed by atoms with Gasteiger partial charge in [0.2, 0.25) is 5.95 Å². The highest BCUT2D eigenvalue weighted by atomic mass is 16.5. The maximum absolute atomic E-state index is 5.59. The Hall–Kier alpha value is -1.03. The van der Waals surface area contributed by atoms with Gasteiger partial charge in [0.15, 0.2) is 0 Å². The number of aryl methyl sites for hydroxylation is 1. The summed E-state index contributed by atoms with van der Waals surface area (Å²) in [7, 11) is 0. The second-order valence-electron chi connectivity index (χ2n) is 5.61. The molecule has 2 fully saturated rings. The van der Waals surface area contributed by atoms with Crippen molar-refractivity contribution in [3.8, 4) is 0 Å². The van der Waals surface area contributed by atoms with Crippen LogP contribution in [-0.2, 0) is 4.74 Å². The number of hydrogen-bond acceptors (Lipinski definition) is 3. The summed E-state index contributed by atoms with van der Waals surface area (Å²) in [5.74, 6) is 1.05. The van der Waals surface area contributed by atoms with Gasteiger partial charge in [-0.3, -0.25) is 0 Å². The first-order valence-corrected chi connectivity index (χ1v) is 7.22. The Balaban J connectivity index is 1.75. The van der Waals surface area contributed by atoms with Gasteiger partial charge in [0.1, 0.15) is 0 Å². The van der Waals surface area contributed by atoms with Crippen LogP contribution in [0.1, 0.15) is 50.3 Å². The van der Waals surface area contributed by atoms with Crippen LogP contribution in [0.5, 0.6) is 0 Å². The molecule has 4 heteroatoms. The molecule has 1 aromatic rings. The zero-order chi connectivity index (χ0) is 12.4. The van der Waals surface area contributed by atoms with Gasteiger partial charge < -0.3 is 14.6 Å². The van der Waals surface area contributed by atoms with Crippen LogP contribution >= 0.6 is 0 Å². The van der Waals surface area contributed by atoms with Crippen molar-refractivity contribution in [2.24, 2.45) is 0 Å². The minimum Gasteiger partial charge on any atom is -0.379 e. The molecule has 18 heavy (non-hydrogen) atoms. The van der Waals surface area contributed by atoms with Crippen LogP contribution in [0.4, 0.5) is 5.95 Å². The third-order valence-electron chi connectivity index (χ3n) is 4.07. The van der Waals surface area contributed by atoms with Crippen molar-refractivity contribution in [2.45, 2.75) is 57.5 Å². The topological polar surface area (TPSA) is 39.1 Å². The van der Waals surface area contributed by atoms with E-state index < -0.39 is 0 Å². The standard InChI is InChI=1S/C14H23N3O/c1-11-9-17(13-7-4-8-18-10-13)14(15-11)16-12-5-2-3-6-12/h9,12-13H,2-8,10H2,1H3,(H,15,16). The van der Waals surface area contributed by atoms with Crippen LogP contribution < -0.4 is 5.32 Å². The second kappa shape index (κ2) is 5.31.